The van der Waals surface area contributed by atoms with E-state index in [-0.39, 0.29) is 5.54 Å². The van der Waals surface area contributed by atoms with Crippen molar-refractivity contribution in [3.05, 3.63) is 0 Å². The molecular formula is C11H17N. The van der Waals surface area contributed by atoms with Crippen LogP contribution in [0.15, 0.2) is 0 Å². The molecule has 0 radical (unpaired) electrons. The van der Waals surface area contributed by atoms with Crippen molar-refractivity contribution in [2.45, 2.75) is 38.1 Å². The number of hydrogen-bond donors (Lipinski definition) is 0. The molecular weight excluding hydrogens is 146 g/mol. The van der Waals surface area contributed by atoms with E-state index >= 15 is 0 Å². The van der Waals surface area contributed by atoms with Gasteiger partial charge in [0.2, 0.25) is 0 Å². The second-order valence-corrected chi connectivity index (χ2v) is 4.41. The molecule has 2 rings (SSSR count). The van der Waals surface area contributed by atoms with Crippen LogP contribution in [0, 0.1) is 18.3 Å². The van der Waals surface area contributed by atoms with E-state index in [0.717, 1.165) is 5.92 Å². The molecule has 12 heavy (non-hydrogen) atoms. The highest BCUT2D eigenvalue weighted by Gasteiger charge is 2.37. The van der Waals surface area contributed by atoms with Crippen LogP contribution in [0.5, 0.6) is 0 Å². The minimum Gasteiger partial charge on any atom is -0.287 e. The Bertz CT molecular complexity index is 212. The van der Waals surface area contributed by atoms with Crippen LogP contribution in [0.2, 0.25) is 0 Å². The summed E-state index contributed by atoms with van der Waals surface area (Å²) < 4.78 is 0. The van der Waals surface area contributed by atoms with Crippen LogP contribution >= 0.6 is 0 Å². The fraction of sp³-hybridized carbons (Fsp3) is 0.818. The van der Waals surface area contributed by atoms with Crippen molar-refractivity contribution in [1.29, 1.82) is 0 Å². The van der Waals surface area contributed by atoms with E-state index < -0.39 is 0 Å². The van der Waals surface area contributed by atoms with E-state index in [1.54, 1.807) is 0 Å². The van der Waals surface area contributed by atoms with Gasteiger partial charge in [0.05, 0.1) is 5.54 Å². The maximum absolute atomic E-state index is 5.56. The lowest BCUT2D eigenvalue weighted by molar-refractivity contribution is 0.203. The van der Waals surface area contributed by atoms with Crippen LogP contribution in [-0.2, 0) is 0 Å². The van der Waals surface area contributed by atoms with Gasteiger partial charge in [0.1, 0.15) is 0 Å². The number of rotatable bonds is 2. The van der Waals surface area contributed by atoms with Crippen LogP contribution in [-0.4, -0.2) is 23.5 Å². The highest BCUT2D eigenvalue weighted by molar-refractivity contribution is 5.14. The Labute approximate surface area is 75.1 Å². The first-order chi connectivity index (χ1) is 5.74. The summed E-state index contributed by atoms with van der Waals surface area (Å²) in [5, 5.41) is 0. The van der Waals surface area contributed by atoms with Crippen molar-refractivity contribution < 1.29 is 0 Å². The second-order valence-electron chi connectivity index (χ2n) is 4.41. The standard InChI is InChI=1S/C11H17N/c1-3-11(2)7-4-8-12(11)9-10-5-6-10/h1,10H,4-9H2,2H3. The molecule has 1 aliphatic carbocycles. The highest BCUT2D eigenvalue weighted by Crippen LogP contribution is 2.35. The predicted octanol–water partition coefficient (Wildman–Crippen LogP) is 1.88. The first kappa shape index (κ1) is 8.13. The summed E-state index contributed by atoms with van der Waals surface area (Å²) in [5.41, 5.74) is 0.0859. The lowest BCUT2D eigenvalue weighted by Gasteiger charge is -2.30. The van der Waals surface area contributed by atoms with E-state index in [0.29, 0.717) is 0 Å². The molecule has 1 unspecified atom stereocenters. The molecule has 0 bridgehead atoms. The van der Waals surface area contributed by atoms with Crippen molar-refractivity contribution in [3.8, 4) is 12.3 Å². The summed E-state index contributed by atoms with van der Waals surface area (Å²) in [6, 6.07) is 0. The van der Waals surface area contributed by atoms with Crippen LogP contribution in [0.3, 0.4) is 0 Å². The van der Waals surface area contributed by atoms with Gasteiger partial charge in [-0.3, -0.25) is 4.90 Å². The molecule has 0 amide bonds. The van der Waals surface area contributed by atoms with E-state index in [1.165, 1.54) is 38.8 Å². The Kier molecular flexibility index (Phi) is 1.88. The Hall–Kier alpha value is -0.480. The number of nitrogens with zero attached hydrogens (tertiary/aromatic N) is 1. The second kappa shape index (κ2) is 2.78. The van der Waals surface area contributed by atoms with Crippen molar-refractivity contribution in [2.75, 3.05) is 13.1 Å². The summed E-state index contributed by atoms with van der Waals surface area (Å²) in [6.07, 6.45) is 10.9. The summed E-state index contributed by atoms with van der Waals surface area (Å²) in [5.74, 6) is 3.92. The first-order valence-electron chi connectivity index (χ1n) is 4.97. The number of terminal acetylenes is 1. The zero-order chi connectivity index (χ0) is 8.60. The zero-order valence-corrected chi connectivity index (χ0v) is 7.84. The van der Waals surface area contributed by atoms with E-state index in [2.05, 4.69) is 17.7 Å². The van der Waals surface area contributed by atoms with E-state index in [4.69, 9.17) is 6.42 Å². The molecule has 2 fully saturated rings. The third kappa shape index (κ3) is 1.36. The highest BCUT2D eigenvalue weighted by atomic mass is 15.2. The van der Waals surface area contributed by atoms with Gasteiger partial charge in [0, 0.05) is 6.54 Å². The molecule has 1 aliphatic heterocycles. The quantitative estimate of drug-likeness (QED) is 0.562. The van der Waals surface area contributed by atoms with Crippen LogP contribution in [0.25, 0.3) is 0 Å². The molecule has 2 aliphatic rings. The molecule has 0 aromatic carbocycles. The van der Waals surface area contributed by atoms with Gasteiger partial charge in [0.15, 0.2) is 0 Å². The lowest BCUT2D eigenvalue weighted by atomic mass is 10.0. The van der Waals surface area contributed by atoms with Gasteiger partial charge >= 0.3 is 0 Å². The average Bonchev–Trinajstić information content (AvgIpc) is 2.79. The monoisotopic (exact) mass is 163 g/mol. The first-order valence-corrected chi connectivity index (χ1v) is 4.97. The van der Waals surface area contributed by atoms with Crippen LogP contribution in [0.4, 0.5) is 0 Å². The van der Waals surface area contributed by atoms with Crippen molar-refractivity contribution >= 4 is 0 Å². The molecule has 1 nitrogen and oxygen atoms in total. The molecule has 66 valence electrons. The molecule has 0 spiro atoms. The third-order valence-electron chi connectivity index (χ3n) is 3.28. The molecule has 1 saturated carbocycles. The largest absolute Gasteiger partial charge is 0.287 e. The molecule has 0 aromatic heterocycles. The zero-order valence-electron chi connectivity index (χ0n) is 7.84. The van der Waals surface area contributed by atoms with Gasteiger partial charge in [-0.05, 0) is 45.1 Å². The van der Waals surface area contributed by atoms with Gasteiger partial charge in [-0.25, -0.2) is 0 Å². The minimum absolute atomic E-state index is 0.0859. The van der Waals surface area contributed by atoms with Crippen molar-refractivity contribution in [3.63, 3.8) is 0 Å². The molecule has 1 heterocycles. The van der Waals surface area contributed by atoms with Gasteiger partial charge in [0.25, 0.3) is 0 Å². The molecule has 1 heteroatoms. The van der Waals surface area contributed by atoms with Gasteiger partial charge in [-0.2, -0.15) is 0 Å². The average molecular weight is 163 g/mol. The van der Waals surface area contributed by atoms with Crippen LogP contribution in [0.1, 0.15) is 32.6 Å². The molecule has 1 atom stereocenters. The van der Waals surface area contributed by atoms with Gasteiger partial charge < -0.3 is 0 Å². The van der Waals surface area contributed by atoms with Crippen LogP contribution < -0.4 is 0 Å². The Morgan fingerprint density at radius 2 is 2.33 bits per heavy atom. The topological polar surface area (TPSA) is 3.24 Å². The summed E-state index contributed by atoms with van der Waals surface area (Å²) in [7, 11) is 0. The Morgan fingerprint density at radius 1 is 1.58 bits per heavy atom. The maximum atomic E-state index is 5.56. The number of likely N-dealkylation sites (tertiary alicyclic amines) is 1. The number of hydrogen-bond acceptors (Lipinski definition) is 1. The Morgan fingerprint density at radius 3 is 2.92 bits per heavy atom. The fourth-order valence-electron chi connectivity index (χ4n) is 2.09. The van der Waals surface area contributed by atoms with E-state index in [1.807, 2.05) is 0 Å². The maximum Gasteiger partial charge on any atom is 0.0795 e. The Balaban J connectivity index is 1.98. The predicted molar refractivity (Wildman–Crippen MR) is 50.8 cm³/mol. The van der Waals surface area contributed by atoms with Crippen molar-refractivity contribution in [1.82, 2.24) is 4.90 Å². The molecule has 1 saturated heterocycles. The van der Waals surface area contributed by atoms with Crippen molar-refractivity contribution in [2.24, 2.45) is 5.92 Å². The summed E-state index contributed by atoms with van der Waals surface area (Å²) in [4.78, 5) is 2.50. The van der Waals surface area contributed by atoms with E-state index in [9.17, 15) is 0 Å². The normalized spacial score (nSPS) is 36.7. The smallest absolute Gasteiger partial charge is 0.0795 e. The molecule has 0 N–H and O–H groups in total. The van der Waals surface area contributed by atoms with Gasteiger partial charge in [-0.15, -0.1) is 6.42 Å². The third-order valence-corrected chi connectivity index (χ3v) is 3.28. The molecule has 0 aromatic rings. The SMILES string of the molecule is C#CC1(C)CCCN1CC1CC1. The van der Waals surface area contributed by atoms with Gasteiger partial charge in [-0.1, -0.05) is 5.92 Å². The fourth-order valence-corrected chi connectivity index (χ4v) is 2.09. The summed E-state index contributed by atoms with van der Waals surface area (Å²) >= 11 is 0. The lowest BCUT2D eigenvalue weighted by Crippen LogP contribution is -2.40. The minimum atomic E-state index is 0.0859. The summed E-state index contributed by atoms with van der Waals surface area (Å²) in [6.45, 7) is 4.68.